The summed E-state index contributed by atoms with van der Waals surface area (Å²) in [5.74, 6) is -0.838. The molecular weight excluding hydrogens is 332 g/mol. The van der Waals surface area contributed by atoms with Crippen molar-refractivity contribution >= 4 is 34.3 Å². The predicted octanol–water partition coefficient (Wildman–Crippen LogP) is 3.28. The standard InChI is InChI=1S/C16H24N2O5S/c1-8-22-14(20)10-9(2)11(13(19)18(6)7)24-12(10)17-15(21)23-16(3,4)5/h8H2,1-7H3,(H,17,21). The van der Waals surface area contributed by atoms with E-state index in [-0.39, 0.29) is 23.1 Å². The molecule has 1 aromatic rings. The first-order valence-electron chi connectivity index (χ1n) is 7.50. The van der Waals surface area contributed by atoms with E-state index in [0.29, 0.717) is 10.4 Å². The Kier molecular flexibility index (Phi) is 6.36. The molecule has 1 heterocycles. The molecule has 1 N–H and O–H groups in total. The van der Waals surface area contributed by atoms with Crippen LogP contribution in [0.1, 0.15) is 53.3 Å². The lowest BCUT2D eigenvalue weighted by molar-refractivity contribution is 0.0527. The molecule has 0 radical (unpaired) electrons. The lowest BCUT2D eigenvalue weighted by Gasteiger charge is -2.19. The average Bonchev–Trinajstić information content (AvgIpc) is 2.72. The second-order valence-electron chi connectivity index (χ2n) is 6.31. The number of nitrogens with one attached hydrogen (secondary N) is 1. The van der Waals surface area contributed by atoms with Gasteiger partial charge < -0.3 is 14.4 Å². The third-order valence-electron chi connectivity index (χ3n) is 2.84. The predicted molar refractivity (Wildman–Crippen MR) is 92.9 cm³/mol. The molecule has 0 saturated carbocycles. The van der Waals surface area contributed by atoms with Crippen LogP contribution in [0.3, 0.4) is 0 Å². The lowest BCUT2D eigenvalue weighted by atomic mass is 10.1. The molecule has 24 heavy (non-hydrogen) atoms. The number of hydrogen-bond donors (Lipinski definition) is 1. The fourth-order valence-electron chi connectivity index (χ4n) is 1.85. The molecule has 0 atom stereocenters. The number of amides is 2. The van der Waals surface area contributed by atoms with E-state index in [9.17, 15) is 14.4 Å². The van der Waals surface area contributed by atoms with Crippen LogP contribution in [0.4, 0.5) is 9.80 Å². The van der Waals surface area contributed by atoms with E-state index in [1.165, 1.54) is 4.90 Å². The van der Waals surface area contributed by atoms with Gasteiger partial charge in [-0.2, -0.15) is 0 Å². The van der Waals surface area contributed by atoms with Gasteiger partial charge in [0.05, 0.1) is 17.0 Å². The van der Waals surface area contributed by atoms with E-state index >= 15 is 0 Å². The molecule has 0 aliphatic rings. The van der Waals surface area contributed by atoms with Crippen molar-refractivity contribution in [2.24, 2.45) is 0 Å². The molecule has 0 fully saturated rings. The maximum Gasteiger partial charge on any atom is 0.412 e. The van der Waals surface area contributed by atoms with Crippen molar-refractivity contribution in [1.29, 1.82) is 0 Å². The number of ether oxygens (including phenoxy) is 2. The molecule has 0 spiro atoms. The molecule has 1 aromatic heterocycles. The largest absolute Gasteiger partial charge is 0.462 e. The molecule has 0 aliphatic carbocycles. The van der Waals surface area contributed by atoms with Gasteiger partial charge >= 0.3 is 12.1 Å². The topological polar surface area (TPSA) is 84.9 Å². The summed E-state index contributed by atoms with van der Waals surface area (Å²) in [5, 5.41) is 2.79. The van der Waals surface area contributed by atoms with Crippen LogP contribution in [0.25, 0.3) is 0 Å². The Morgan fingerprint density at radius 1 is 1.21 bits per heavy atom. The molecule has 7 nitrogen and oxygen atoms in total. The summed E-state index contributed by atoms with van der Waals surface area (Å²) in [6, 6.07) is 0. The highest BCUT2D eigenvalue weighted by Gasteiger charge is 2.28. The number of thiophene rings is 1. The van der Waals surface area contributed by atoms with E-state index in [1.807, 2.05) is 0 Å². The van der Waals surface area contributed by atoms with Crippen molar-refractivity contribution in [3.05, 3.63) is 16.0 Å². The van der Waals surface area contributed by atoms with Gasteiger partial charge in [-0.05, 0) is 40.2 Å². The monoisotopic (exact) mass is 356 g/mol. The molecule has 2 amide bonds. The Morgan fingerprint density at radius 3 is 2.25 bits per heavy atom. The van der Waals surface area contributed by atoms with Gasteiger partial charge in [0.15, 0.2) is 0 Å². The zero-order valence-corrected chi connectivity index (χ0v) is 15.9. The fourth-order valence-corrected chi connectivity index (χ4v) is 3.06. The summed E-state index contributed by atoms with van der Waals surface area (Å²) in [6.07, 6.45) is -0.696. The maximum absolute atomic E-state index is 12.3. The van der Waals surface area contributed by atoms with Crippen molar-refractivity contribution in [2.75, 3.05) is 26.0 Å². The van der Waals surface area contributed by atoms with Crippen LogP contribution in [0.2, 0.25) is 0 Å². The number of anilines is 1. The summed E-state index contributed by atoms with van der Waals surface area (Å²) in [5.41, 5.74) is -0.0240. The van der Waals surface area contributed by atoms with Gasteiger partial charge in [-0.25, -0.2) is 9.59 Å². The Morgan fingerprint density at radius 2 is 1.79 bits per heavy atom. The van der Waals surface area contributed by atoms with Crippen LogP contribution in [0, 0.1) is 6.92 Å². The Hall–Kier alpha value is -2.09. The highest BCUT2D eigenvalue weighted by Crippen LogP contribution is 2.34. The normalized spacial score (nSPS) is 11.0. The molecule has 0 aliphatic heterocycles. The van der Waals surface area contributed by atoms with E-state index < -0.39 is 17.7 Å². The molecule has 0 saturated heterocycles. The number of carbonyl (C=O) groups is 3. The van der Waals surface area contributed by atoms with Gasteiger partial charge in [-0.15, -0.1) is 11.3 Å². The smallest absolute Gasteiger partial charge is 0.412 e. The van der Waals surface area contributed by atoms with E-state index in [2.05, 4.69) is 5.32 Å². The summed E-state index contributed by atoms with van der Waals surface area (Å²) in [7, 11) is 3.24. The van der Waals surface area contributed by atoms with Gasteiger partial charge in [-0.1, -0.05) is 0 Å². The van der Waals surface area contributed by atoms with Crippen LogP contribution >= 0.6 is 11.3 Å². The van der Waals surface area contributed by atoms with Gasteiger partial charge in [0, 0.05) is 14.1 Å². The highest BCUT2D eigenvalue weighted by molar-refractivity contribution is 7.18. The van der Waals surface area contributed by atoms with Crippen molar-refractivity contribution < 1.29 is 23.9 Å². The van der Waals surface area contributed by atoms with E-state index in [1.54, 1.807) is 48.7 Å². The third-order valence-corrected chi connectivity index (χ3v) is 4.04. The average molecular weight is 356 g/mol. The van der Waals surface area contributed by atoms with Gasteiger partial charge in [0.1, 0.15) is 10.6 Å². The van der Waals surface area contributed by atoms with Gasteiger partial charge in [0.25, 0.3) is 5.91 Å². The third kappa shape index (κ3) is 4.95. The number of esters is 1. The maximum atomic E-state index is 12.3. The number of rotatable bonds is 4. The molecule has 0 bridgehead atoms. The molecule has 0 unspecified atom stereocenters. The molecular formula is C16H24N2O5S. The molecule has 8 heteroatoms. The number of hydrogen-bond acceptors (Lipinski definition) is 6. The number of nitrogens with zero attached hydrogens (tertiary/aromatic N) is 1. The van der Waals surface area contributed by atoms with Crippen LogP contribution in [0.15, 0.2) is 0 Å². The van der Waals surface area contributed by atoms with Crippen LogP contribution in [0.5, 0.6) is 0 Å². The lowest BCUT2D eigenvalue weighted by Crippen LogP contribution is -2.27. The minimum atomic E-state index is -0.696. The van der Waals surface area contributed by atoms with Crippen molar-refractivity contribution in [3.8, 4) is 0 Å². The Balaban J connectivity index is 3.26. The van der Waals surface area contributed by atoms with Crippen molar-refractivity contribution in [2.45, 2.75) is 40.2 Å². The first-order chi connectivity index (χ1) is 11.0. The Labute approximate surface area is 145 Å². The summed E-state index contributed by atoms with van der Waals surface area (Å²) < 4.78 is 10.2. The van der Waals surface area contributed by atoms with Crippen LogP contribution in [-0.2, 0) is 9.47 Å². The van der Waals surface area contributed by atoms with Crippen molar-refractivity contribution in [3.63, 3.8) is 0 Å². The zero-order valence-electron chi connectivity index (χ0n) is 15.1. The van der Waals surface area contributed by atoms with Gasteiger partial charge in [0.2, 0.25) is 0 Å². The second-order valence-corrected chi connectivity index (χ2v) is 7.33. The first-order valence-corrected chi connectivity index (χ1v) is 8.31. The van der Waals surface area contributed by atoms with Crippen LogP contribution < -0.4 is 5.32 Å². The molecule has 1 rings (SSSR count). The van der Waals surface area contributed by atoms with E-state index in [0.717, 1.165) is 11.3 Å². The quantitative estimate of drug-likeness (QED) is 0.837. The molecule has 0 aromatic carbocycles. The summed E-state index contributed by atoms with van der Waals surface area (Å²) in [6.45, 7) is 8.74. The summed E-state index contributed by atoms with van der Waals surface area (Å²) in [4.78, 5) is 38.3. The minimum absolute atomic E-state index is 0.179. The van der Waals surface area contributed by atoms with Gasteiger partial charge in [-0.3, -0.25) is 10.1 Å². The number of carbonyl (C=O) groups excluding carboxylic acids is 3. The second kappa shape index (κ2) is 7.65. The Bertz CT molecular complexity index is 644. The fraction of sp³-hybridized carbons (Fsp3) is 0.562. The van der Waals surface area contributed by atoms with Crippen molar-refractivity contribution in [1.82, 2.24) is 4.90 Å². The highest BCUT2D eigenvalue weighted by atomic mass is 32.1. The first kappa shape index (κ1) is 20.0. The molecule has 134 valence electrons. The SMILES string of the molecule is CCOC(=O)c1c(NC(=O)OC(C)(C)C)sc(C(=O)N(C)C)c1C. The minimum Gasteiger partial charge on any atom is -0.462 e. The summed E-state index contributed by atoms with van der Waals surface area (Å²) >= 11 is 1.03. The van der Waals surface area contributed by atoms with Crippen LogP contribution in [-0.4, -0.2) is 49.2 Å². The van der Waals surface area contributed by atoms with E-state index in [4.69, 9.17) is 9.47 Å². The zero-order chi connectivity index (χ0) is 18.7.